The average Bonchev–Trinajstić information content (AvgIpc) is 2.79. The highest BCUT2D eigenvalue weighted by molar-refractivity contribution is 7.89. The minimum Gasteiger partial charge on any atom is -0.495 e. The number of nitrogens with one attached hydrogen (secondary N) is 1. The number of hydrogen-bond donors (Lipinski definition) is 1. The Labute approximate surface area is 185 Å². The molecule has 0 aromatic heterocycles. The second kappa shape index (κ2) is 9.99. The van der Waals surface area contributed by atoms with Gasteiger partial charge in [0, 0.05) is 38.0 Å². The maximum Gasteiger partial charge on any atom is 0.243 e. The van der Waals surface area contributed by atoms with Gasteiger partial charge in [0.25, 0.3) is 0 Å². The quantitative estimate of drug-likeness (QED) is 0.717. The third kappa shape index (κ3) is 5.38. The summed E-state index contributed by atoms with van der Waals surface area (Å²) in [5.74, 6) is 0.0551. The molecule has 0 aliphatic carbocycles. The van der Waals surface area contributed by atoms with Crippen molar-refractivity contribution in [1.29, 1.82) is 0 Å². The predicted molar refractivity (Wildman–Crippen MR) is 118 cm³/mol. The van der Waals surface area contributed by atoms with Crippen LogP contribution in [0, 0.1) is 11.8 Å². The summed E-state index contributed by atoms with van der Waals surface area (Å²) >= 11 is 0. The van der Waals surface area contributed by atoms with E-state index in [2.05, 4.69) is 5.32 Å². The van der Waals surface area contributed by atoms with Crippen LogP contribution in [-0.4, -0.2) is 62.7 Å². The number of piperidine rings is 2. The lowest BCUT2D eigenvalue weighted by atomic mass is 9.95. The van der Waals surface area contributed by atoms with Crippen molar-refractivity contribution in [2.75, 3.05) is 38.6 Å². The zero-order chi connectivity index (χ0) is 22.6. The van der Waals surface area contributed by atoms with Gasteiger partial charge in [-0.05, 0) is 43.9 Å². The number of carbonyl (C=O) groups excluding carboxylic acids is 2. The SMILES string of the molecule is COc1ccc(S(=O)(=O)N2CCCCC2)cc1NC(=O)C1CCN(C(=O)C(C)C)CC1. The fourth-order valence-electron chi connectivity index (χ4n) is 4.16. The van der Waals surface area contributed by atoms with E-state index in [9.17, 15) is 18.0 Å². The van der Waals surface area contributed by atoms with Crippen molar-refractivity contribution in [1.82, 2.24) is 9.21 Å². The third-order valence-electron chi connectivity index (χ3n) is 6.05. The van der Waals surface area contributed by atoms with Gasteiger partial charge in [-0.15, -0.1) is 0 Å². The molecule has 2 amide bonds. The van der Waals surface area contributed by atoms with Crippen molar-refractivity contribution in [2.24, 2.45) is 11.8 Å². The van der Waals surface area contributed by atoms with Gasteiger partial charge in [0.1, 0.15) is 5.75 Å². The monoisotopic (exact) mass is 451 g/mol. The maximum atomic E-state index is 13.0. The Hall–Kier alpha value is -2.13. The van der Waals surface area contributed by atoms with Crippen molar-refractivity contribution in [3.63, 3.8) is 0 Å². The van der Waals surface area contributed by atoms with E-state index < -0.39 is 10.0 Å². The molecule has 3 rings (SSSR count). The molecule has 2 fully saturated rings. The summed E-state index contributed by atoms with van der Waals surface area (Å²) in [6.07, 6.45) is 3.92. The lowest BCUT2D eigenvalue weighted by Crippen LogP contribution is -2.43. The Bertz CT molecular complexity index is 902. The number of benzene rings is 1. The predicted octanol–water partition coefficient (Wildman–Crippen LogP) is 2.70. The third-order valence-corrected chi connectivity index (χ3v) is 7.95. The van der Waals surface area contributed by atoms with Crippen LogP contribution < -0.4 is 10.1 Å². The Morgan fingerprint density at radius 1 is 1.06 bits per heavy atom. The zero-order valence-electron chi connectivity index (χ0n) is 18.6. The topological polar surface area (TPSA) is 96.0 Å². The molecular formula is C22H33N3O5S. The molecule has 0 unspecified atom stereocenters. The van der Waals surface area contributed by atoms with Gasteiger partial charge in [-0.25, -0.2) is 8.42 Å². The van der Waals surface area contributed by atoms with Crippen LogP contribution in [0.4, 0.5) is 5.69 Å². The number of rotatable bonds is 6. The summed E-state index contributed by atoms with van der Waals surface area (Å²) in [6, 6.07) is 4.59. The molecule has 9 heteroatoms. The molecule has 0 atom stereocenters. The van der Waals surface area contributed by atoms with Gasteiger partial charge in [-0.1, -0.05) is 20.3 Å². The summed E-state index contributed by atoms with van der Waals surface area (Å²) < 4.78 is 32.9. The first-order valence-corrected chi connectivity index (χ1v) is 12.5. The van der Waals surface area contributed by atoms with E-state index in [4.69, 9.17) is 4.74 Å². The first kappa shape index (κ1) is 23.5. The number of likely N-dealkylation sites (tertiary alicyclic amines) is 1. The minimum atomic E-state index is -3.61. The Balaban J connectivity index is 1.71. The second-order valence-electron chi connectivity index (χ2n) is 8.57. The largest absolute Gasteiger partial charge is 0.495 e. The number of methoxy groups -OCH3 is 1. The first-order valence-electron chi connectivity index (χ1n) is 11.0. The summed E-state index contributed by atoms with van der Waals surface area (Å²) in [6.45, 7) is 5.88. The molecule has 8 nitrogen and oxygen atoms in total. The van der Waals surface area contributed by atoms with Gasteiger partial charge < -0.3 is 15.0 Å². The molecule has 172 valence electrons. The molecule has 0 saturated carbocycles. The van der Waals surface area contributed by atoms with E-state index in [1.807, 2.05) is 13.8 Å². The maximum absolute atomic E-state index is 13.0. The van der Waals surface area contributed by atoms with E-state index in [1.54, 1.807) is 11.0 Å². The van der Waals surface area contributed by atoms with Crippen molar-refractivity contribution in [2.45, 2.75) is 50.8 Å². The Morgan fingerprint density at radius 2 is 1.71 bits per heavy atom. The van der Waals surface area contributed by atoms with Crippen LogP contribution in [0.3, 0.4) is 0 Å². The molecule has 31 heavy (non-hydrogen) atoms. The summed E-state index contributed by atoms with van der Waals surface area (Å²) in [7, 11) is -2.13. The molecular weight excluding hydrogens is 418 g/mol. The molecule has 0 radical (unpaired) electrons. The van der Waals surface area contributed by atoms with Gasteiger partial charge in [0.05, 0.1) is 17.7 Å². The lowest BCUT2D eigenvalue weighted by Gasteiger charge is -2.32. The van der Waals surface area contributed by atoms with Crippen LogP contribution in [0.15, 0.2) is 23.1 Å². The number of amides is 2. The molecule has 2 aliphatic heterocycles. The van der Waals surface area contributed by atoms with Crippen LogP contribution in [0.5, 0.6) is 5.75 Å². The molecule has 1 aromatic rings. The van der Waals surface area contributed by atoms with E-state index in [0.717, 1.165) is 19.3 Å². The lowest BCUT2D eigenvalue weighted by molar-refractivity contribution is -0.137. The number of hydrogen-bond acceptors (Lipinski definition) is 5. The van der Waals surface area contributed by atoms with Crippen LogP contribution in [0.2, 0.25) is 0 Å². The number of anilines is 1. The first-order chi connectivity index (χ1) is 14.7. The van der Waals surface area contributed by atoms with Crippen molar-refractivity contribution in [3.05, 3.63) is 18.2 Å². The summed E-state index contributed by atoms with van der Waals surface area (Å²) in [4.78, 5) is 27.0. The van der Waals surface area contributed by atoms with Gasteiger partial charge in [0.2, 0.25) is 21.8 Å². The van der Waals surface area contributed by atoms with Gasteiger partial charge in [-0.3, -0.25) is 9.59 Å². The Morgan fingerprint density at radius 3 is 2.29 bits per heavy atom. The van der Waals surface area contributed by atoms with Crippen LogP contribution in [-0.2, 0) is 19.6 Å². The molecule has 2 saturated heterocycles. The van der Waals surface area contributed by atoms with Gasteiger partial charge >= 0.3 is 0 Å². The van der Waals surface area contributed by atoms with Gasteiger partial charge in [-0.2, -0.15) is 4.31 Å². The number of ether oxygens (including phenoxy) is 1. The van der Waals surface area contributed by atoms with E-state index in [1.165, 1.54) is 23.5 Å². The number of carbonyl (C=O) groups is 2. The Kier molecular flexibility index (Phi) is 7.59. The highest BCUT2D eigenvalue weighted by atomic mass is 32.2. The fraction of sp³-hybridized carbons (Fsp3) is 0.636. The molecule has 1 aromatic carbocycles. The van der Waals surface area contributed by atoms with Crippen molar-refractivity contribution < 1.29 is 22.7 Å². The molecule has 0 bridgehead atoms. The van der Waals surface area contributed by atoms with E-state index in [-0.39, 0.29) is 28.5 Å². The average molecular weight is 452 g/mol. The van der Waals surface area contributed by atoms with Crippen LogP contribution in [0.25, 0.3) is 0 Å². The molecule has 1 N–H and O–H groups in total. The normalized spacial score (nSPS) is 18.8. The van der Waals surface area contributed by atoms with Gasteiger partial charge in [0.15, 0.2) is 0 Å². The fourth-order valence-corrected chi connectivity index (χ4v) is 5.71. The second-order valence-corrected chi connectivity index (χ2v) is 10.5. The molecule has 0 spiro atoms. The number of nitrogens with zero attached hydrogens (tertiary/aromatic N) is 2. The van der Waals surface area contributed by atoms with Crippen molar-refractivity contribution in [3.8, 4) is 5.75 Å². The highest BCUT2D eigenvalue weighted by Gasteiger charge is 2.30. The highest BCUT2D eigenvalue weighted by Crippen LogP contribution is 2.31. The van der Waals surface area contributed by atoms with Crippen LogP contribution in [0.1, 0.15) is 46.0 Å². The summed E-state index contributed by atoms with van der Waals surface area (Å²) in [5, 5.41) is 2.86. The zero-order valence-corrected chi connectivity index (χ0v) is 19.4. The molecule has 2 heterocycles. The van der Waals surface area contributed by atoms with Crippen LogP contribution >= 0.6 is 0 Å². The number of sulfonamides is 1. The standard InChI is InChI=1S/C22H33N3O5S/c1-16(2)22(27)24-13-9-17(10-14-24)21(26)23-19-15-18(7-8-20(19)30-3)31(28,29)25-11-5-4-6-12-25/h7-8,15-17H,4-6,9-14H2,1-3H3,(H,23,26). The van der Waals surface area contributed by atoms with E-state index >= 15 is 0 Å². The van der Waals surface area contributed by atoms with Crippen molar-refractivity contribution >= 4 is 27.5 Å². The summed E-state index contributed by atoms with van der Waals surface area (Å²) in [5.41, 5.74) is 0.353. The van der Waals surface area contributed by atoms with E-state index in [0.29, 0.717) is 50.5 Å². The molecule has 2 aliphatic rings. The smallest absolute Gasteiger partial charge is 0.243 e. The minimum absolute atomic E-state index is 0.0563.